The molecule has 1 rings (SSSR count). The summed E-state index contributed by atoms with van der Waals surface area (Å²) in [6.45, 7) is 12.4. The summed E-state index contributed by atoms with van der Waals surface area (Å²) >= 11 is 0. The van der Waals surface area contributed by atoms with Gasteiger partial charge in [-0.1, -0.05) is 13.8 Å². The standard InChI is InChI=1S/C16H28N2O2/c1-10(2)15(7-8-19)17-16(20)14-9-12(5)18(11(3)4)13(14)6/h9-11,15,19H,7-8H2,1-6H3,(H,17,20). The molecular weight excluding hydrogens is 252 g/mol. The van der Waals surface area contributed by atoms with Crippen molar-refractivity contribution >= 4 is 5.91 Å². The van der Waals surface area contributed by atoms with E-state index >= 15 is 0 Å². The van der Waals surface area contributed by atoms with Crippen LogP contribution in [0.1, 0.15) is 61.9 Å². The van der Waals surface area contributed by atoms with Crippen LogP contribution in [0.15, 0.2) is 6.07 Å². The monoisotopic (exact) mass is 280 g/mol. The molecule has 1 unspecified atom stereocenters. The number of rotatable bonds is 6. The summed E-state index contributed by atoms with van der Waals surface area (Å²) in [6, 6.07) is 2.30. The molecule has 1 amide bonds. The zero-order valence-electron chi connectivity index (χ0n) is 13.5. The second kappa shape index (κ2) is 6.93. The molecule has 0 bridgehead atoms. The number of nitrogens with zero attached hydrogens (tertiary/aromatic N) is 1. The van der Waals surface area contributed by atoms with Crippen LogP contribution < -0.4 is 5.32 Å². The van der Waals surface area contributed by atoms with E-state index in [1.54, 1.807) is 0 Å². The number of carbonyl (C=O) groups is 1. The van der Waals surface area contributed by atoms with E-state index in [1.807, 2.05) is 19.9 Å². The first-order chi connectivity index (χ1) is 9.29. The maximum absolute atomic E-state index is 12.4. The zero-order valence-corrected chi connectivity index (χ0v) is 13.5. The molecule has 0 saturated heterocycles. The number of aryl methyl sites for hydroxylation is 1. The smallest absolute Gasteiger partial charge is 0.253 e. The molecule has 0 radical (unpaired) electrons. The Morgan fingerprint density at radius 2 is 1.90 bits per heavy atom. The highest BCUT2D eigenvalue weighted by molar-refractivity contribution is 5.95. The Morgan fingerprint density at radius 1 is 1.30 bits per heavy atom. The molecule has 0 fully saturated rings. The van der Waals surface area contributed by atoms with Crippen molar-refractivity contribution in [3.05, 3.63) is 23.0 Å². The highest BCUT2D eigenvalue weighted by atomic mass is 16.3. The first kappa shape index (κ1) is 16.8. The average Bonchev–Trinajstić information content (AvgIpc) is 2.63. The Kier molecular flexibility index (Phi) is 5.81. The third kappa shape index (κ3) is 3.63. The van der Waals surface area contributed by atoms with Crippen molar-refractivity contribution < 1.29 is 9.90 Å². The quantitative estimate of drug-likeness (QED) is 0.842. The Hall–Kier alpha value is -1.29. The van der Waals surface area contributed by atoms with Gasteiger partial charge >= 0.3 is 0 Å². The summed E-state index contributed by atoms with van der Waals surface area (Å²) in [6.07, 6.45) is 0.590. The van der Waals surface area contributed by atoms with Crippen molar-refractivity contribution in [2.75, 3.05) is 6.61 Å². The van der Waals surface area contributed by atoms with Crippen molar-refractivity contribution in [3.63, 3.8) is 0 Å². The molecule has 1 atom stereocenters. The second-order valence-electron chi connectivity index (χ2n) is 6.08. The predicted molar refractivity (Wildman–Crippen MR) is 82.1 cm³/mol. The summed E-state index contributed by atoms with van der Waals surface area (Å²) < 4.78 is 2.17. The van der Waals surface area contributed by atoms with Crippen LogP contribution in [-0.4, -0.2) is 28.2 Å². The number of nitrogens with one attached hydrogen (secondary N) is 1. The highest BCUT2D eigenvalue weighted by Gasteiger charge is 2.21. The third-order valence-electron chi connectivity index (χ3n) is 3.81. The number of carbonyl (C=O) groups excluding carboxylic acids is 1. The van der Waals surface area contributed by atoms with Crippen LogP contribution in [-0.2, 0) is 0 Å². The Labute approximate surface area is 122 Å². The fraction of sp³-hybridized carbons (Fsp3) is 0.688. The van der Waals surface area contributed by atoms with Crippen molar-refractivity contribution in [3.8, 4) is 0 Å². The molecule has 1 heterocycles. The molecule has 4 heteroatoms. The topological polar surface area (TPSA) is 54.3 Å². The van der Waals surface area contributed by atoms with Gasteiger partial charge in [-0.3, -0.25) is 4.79 Å². The van der Waals surface area contributed by atoms with Crippen LogP contribution in [0.4, 0.5) is 0 Å². The molecule has 1 aromatic heterocycles. The third-order valence-corrected chi connectivity index (χ3v) is 3.81. The SMILES string of the molecule is Cc1cc(C(=O)NC(CCO)C(C)C)c(C)n1C(C)C. The molecule has 0 aliphatic heterocycles. The van der Waals surface area contributed by atoms with Gasteiger partial charge in [-0.25, -0.2) is 0 Å². The number of aromatic nitrogens is 1. The van der Waals surface area contributed by atoms with E-state index in [0.717, 1.165) is 17.0 Å². The summed E-state index contributed by atoms with van der Waals surface area (Å²) in [5, 5.41) is 12.1. The van der Waals surface area contributed by atoms with Gasteiger partial charge < -0.3 is 15.0 Å². The van der Waals surface area contributed by atoms with Gasteiger partial charge in [0.25, 0.3) is 5.91 Å². The van der Waals surface area contributed by atoms with Gasteiger partial charge in [0, 0.05) is 30.1 Å². The maximum Gasteiger partial charge on any atom is 0.253 e. The molecule has 4 nitrogen and oxygen atoms in total. The van der Waals surface area contributed by atoms with Crippen molar-refractivity contribution in [1.82, 2.24) is 9.88 Å². The fourth-order valence-electron chi connectivity index (χ4n) is 2.76. The van der Waals surface area contributed by atoms with E-state index in [0.29, 0.717) is 18.4 Å². The lowest BCUT2D eigenvalue weighted by atomic mass is 10.0. The highest BCUT2D eigenvalue weighted by Crippen LogP contribution is 2.20. The summed E-state index contributed by atoms with van der Waals surface area (Å²) in [5.41, 5.74) is 2.84. The summed E-state index contributed by atoms with van der Waals surface area (Å²) in [4.78, 5) is 12.4. The van der Waals surface area contributed by atoms with Crippen LogP contribution in [0.5, 0.6) is 0 Å². The van der Waals surface area contributed by atoms with Gasteiger partial charge in [-0.2, -0.15) is 0 Å². The number of amides is 1. The predicted octanol–water partition coefficient (Wildman–Crippen LogP) is 2.82. The van der Waals surface area contributed by atoms with Crippen LogP contribution in [0, 0.1) is 19.8 Å². The van der Waals surface area contributed by atoms with Gasteiger partial charge in [-0.05, 0) is 46.1 Å². The number of hydrogen-bond acceptors (Lipinski definition) is 2. The number of hydrogen-bond donors (Lipinski definition) is 2. The van der Waals surface area contributed by atoms with Crippen molar-refractivity contribution in [1.29, 1.82) is 0 Å². The molecule has 20 heavy (non-hydrogen) atoms. The molecule has 0 aliphatic rings. The molecule has 0 saturated carbocycles. The van der Waals surface area contributed by atoms with E-state index in [1.165, 1.54) is 0 Å². The molecule has 2 N–H and O–H groups in total. The first-order valence-corrected chi connectivity index (χ1v) is 7.39. The number of aliphatic hydroxyl groups is 1. The van der Waals surface area contributed by atoms with Gasteiger partial charge in [-0.15, -0.1) is 0 Å². The van der Waals surface area contributed by atoms with E-state index in [-0.39, 0.29) is 18.6 Å². The van der Waals surface area contributed by atoms with Crippen molar-refractivity contribution in [2.24, 2.45) is 5.92 Å². The molecule has 0 spiro atoms. The number of aliphatic hydroxyl groups excluding tert-OH is 1. The Bertz CT molecular complexity index is 461. The minimum absolute atomic E-state index is 0.00889. The lowest BCUT2D eigenvalue weighted by molar-refractivity contribution is 0.0916. The lowest BCUT2D eigenvalue weighted by Gasteiger charge is -2.21. The summed E-state index contributed by atoms with van der Waals surface area (Å²) in [7, 11) is 0. The maximum atomic E-state index is 12.4. The average molecular weight is 280 g/mol. The lowest BCUT2D eigenvalue weighted by Crippen LogP contribution is -2.39. The molecule has 0 aliphatic carbocycles. The van der Waals surface area contributed by atoms with Crippen LogP contribution in [0.3, 0.4) is 0 Å². The Morgan fingerprint density at radius 3 is 2.30 bits per heavy atom. The van der Waals surface area contributed by atoms with Crippen molar-refractivity contribution in [2.45, 2.75) is 60.0 Å². The molecule has 0 aromatic carbocycles. The van der Waals surface area contributed by atoms with Gasteiger partial charge in [0.2, 0.25) is 0 Å². The van der Waals surface area contributed by atoms with E-state index in [4.69, 9.17) is 5.11 Å². The van der Waals surface area contributed by atoms with Gasteiger partial charge in [0.05, 0.1) is 5.56 Å². The van der Waals surface area contributed by atoms with E-state index < -0.39 is 0 Å². The molecule has 114 valence electrons. The van der Waals surface area contributed by atoms with Gasteiger partial charge in [0.1, 0.15) is 0 Å². The molecular formula is C16H28N2O2. The largest absolute Gasteiger partial charge is 0.396 e. The van der Waals surface area contributed by atoms with Crippen LogP contribution in [0.2, 0.25) is 0 Å². The van der Waals surface area contributed by atoms with Crippen LogP contribution >= 0.6 is 0 Å². The van der Waals surface area contributed by atoms with E-state index in [9.17, 15) is 4.79 Å². The minimum Gasteiger partial charge on any atom is -0.396 e. The molecule has 1 aromatic rings. The summed E-state index contributed by atoms with van der Waals surface area (Å²) in [5.74, 6) is 0.261. The van der Waals surface area contributed by atoms with E-state index in [2.05, 4.69) is 37.6 Å². The van der Waals surface area contributed by atoms with Gasteiger partial charge in [0.15, 0.2) is 0 Å². The fourth-order valence-corrected chi connectivity index (χ4v) is 2.76. The minimum atomic E-state index is -0.0443. The normalized spacial score (nSPS) is 13.1. The zero-order chi connectivity index (χ0) is 15.4. The first-order valence-electron chi connectivity index (χ1n) is 7.39. The van der Waals surface area contributed by atoms with Crippen LogP contribution in [0.25, 0.3) is 0 Å². The Balaban J connectivity index is 2.95. The second-order valence-corrected chi connectivity index (χ2v) is 6.08.